The Bertz CT molecular complexity index is 762. The van der Waals surface area contributed by atoms with Gasteiger partial charge in [-0.25, -0.2) is 9.59 Å². The van der Waals surface area contributed by atoms with E-state index in [1.54, 1.807) is 36.4 Å². The predicted molar refractivity (Wildman–Crippen MR) is 94.5 cm³/mol. The van der Waals surface area contributed by atoms with Gasteiger partial charge in [-0.3, -0.25) is 4.79 Å². The second-order valence-corrected chi connectivity index (χ2v) is 5.44. The lowest BCUT2D eigenvalue weighted by Gasteiger charge is -2.15. The molecule has 2 aromatic rings. The van der Waals surface area contributed by atoms with Gasteiger partial charge in [0.05, 0.1) is 0 Å². The van der Waals surface area contributed by atoms with Crippen molar-refractivity contribution in [3.05, 3.63) is 60.2 Å². The number of carbonyl (C=O) groups excluding carboxylic acids is 2. The van der Waals surface area contributed by atoms with Crippen molar-refractivity contribution in [2.75, 3.05) is 10.6 Å². The molecule has 1 unspecified atom stereocenters. The van der Waals surface area contributed by atoms with Crippen molar-refractivity contribution in [3.63, 3.8) is 0 Å². The van der Waals surface area contributed by atoms with Gasteiger partial charge in [-0.05, 0) is 23.8 Å². The quantitative estimate of drug-likeness (QED) is 0.647. The van der Waals surface area contributed by atoms with E-state index < -0.39 is 18.0 Å². The molecule has 4 N–H and O–H groups in total. The summed E-state index contributed by atoms with van der Waals surface area (Å²) >= 11 is 0. The van der Waals surface area contributed by atoms with Crippen LogP contribution < -0.4 is 16.0 Å². The van der Waals surface area contributed by atoms with Crippen LogP contribution in [0.5, 0.6) is 0 Å². The first-order valence-corrected chi connectivity index (χ1v) is 7.66. The first-order chi connectivity index (χ1) is 11.9. The number of carboxylic acid groups (broad SMARTS) is 1. The fourth-order valence-corrected chi connectivity index (χ4v) is 2.25. The van der Waals surface area contributed by atoms with Crippen LogP contribution >= 0.6 is 0 Å². The summed E-state index contributed by atoms with van der Waals surface area (Å²) in [5.74, 6) is -1.35. The number of aliphatic carboxylic acids is 1. The molecule has 130 valence electrons. The van der Waals surface area contributed by atoms with Gasteiger partial charge in [-0.15, -0.1) is 0 Å². The summed E-state index contributed by atoms with van der Waals surface area (Å²) in [7, 11) is 0. The third-order valence-electron chi connectivity index (χ3n) is 3.33. The molecule has 3 amide bonds. The van der Waals surface area contributed by atoms with Gasteiger partial charge in [-0.1, -0.05) is 36.4 Å². The standard InChI is InChI=1S/C18H19N3O4/c1-12(22)19-14-8-5-9-15(11-14)20-18(25)21-16(17(23)24)10-13-6-3-2-4-7-13/h2-9,11,16H,10H2,1H3,(H,19,22)(H,23,24)(H2,20,21,25). The second-order valence-electron chi connectivity index (χ2n) is 5.44. The molecule has 25 heavy (non-hydrogen) atoms. The molecule has 0 radical (unpaired) electrons. The molecule has 0 fully saturated rings. The number of hydrogen-bond acceptors (Lipinski definition) is 3. The van der Waals surface area contributed by atoms with Gasteiger partial charge in [0.2, 0.25) is 5.91 Å². The van der Waals surface area contributed by atoms with Crippen molar-refractivity contribution in [1.29, 1.82) is 0 Å². The average Bonchev–Trinajstić information content (AvgIpc) is 2.54. The van der Waals surface area contributed by atoms with Crippen molar-refractivity contribution in [2.45, 2.75) is 19.4 Å². The summed E-state index contributed by atoms with van der Waals surface area (Å²) in [4.78, 5) is 34.5. The summed E-state index contributed by atoms with van der Waals surface area (Å²) in [5.41, 5.74) is 1.78. The molecule has 0 bridgehead atoms. The van der Waals surface area contributed by atoms with E-state index in [9.17, 15) is 19.5 Å². The minimum absolute atomic E-state index is 0.176. The molecule has 0 saturated carbocycles. The maximum absolute atomic E-state index is 12.1. The van der Waals surface area contributed by atoms with Gasteiger partial charge in [0.15, 0.2) is 0 Å². The Labute approximate surface area is 145 Å². The zero-order valence-corrected chi connectivity index (χ0v) is 13.7. The van der Waals surface area contributed by atoms with E-state index in [1.807, 2.05) is 18.2 Å². The highest BCUT2D eigenvalue weighted by atomic mass is 16.4. The van der Waals surface area contributed by atoms with Crippen molar-refractivity contribution >= 4 is 29.3 Å². The summed E-state index contributed by atoms with van der Waals surface area (Å²) in [6, 6.07) is 13.9. The molecular formula is C18H19N3O4. The normalized spacial score (nSPS) is 11.2. The van der Waals surface area contributed by atoms with Gasteiger partial charge in [0, 0.05) is 24.7 Å². The van der Waals surface area contributed by atoms with Crippen molar-refractivity contribution < 1.29 is 19.5 Å². The number of urea groups is 1. The second kappa shape index (κ2) is 8.49. The molecule has 1 atom stereocenters. The summed E-state index contributed by atoms with van der Waals surface area (Å²) in [6.07, 6.45) is 0.176. The molecule has 2 aromatic carbocycles. The van der Waals surface area contributed by atoms with Crippen LogP contribution in [0.15, 0.2) is 54.6 Å². The van der Waals surface area contributed by atoms with Gasteiger partial charge in [0.1, 0.15) is 6.04 Å². The van der Waals surface area contributed by atoms with Gasteiger partial charge in [-0.2, -0.15) is 0 Å². The number of nitrogens with one attached hydrogen (secondary N) is 3. The Hall–Kier alpha value is -3.35. The van der Waals surface area contributed by atoms with Crippen LogP contribution in [0.25, 0.3) is 0 Å². The highest BCUT2D eigenvalue weighted by molar-refractivity contribution is 5.94. The molecule has 0 aliphatic rings. The Kier molecular flexibility index (Phi) is 6.11. The van der Waals surface area contributed by atoms with Crippen molar-refractivity contribution in [3.8, 4) is 0 Å². The lowest BCUT2D eigenvalue weighted by Crippen LogP contribution is -2.44. The van der Waals surface area contributed by atoms with Crippen LogP contribution in [-0.2, 0) is 16.0 Å². The third kappa shape index (κ3) is 5.98. The molecule has 0 aliphatic carbocycles. The zero-order chi connectivity index (χ0) is 18.2. The first kappa shape index (κ1) is 18.0. The van der Waals surface area contributed by atoms with Gasteiger partial charge in [0.25, 0.3) is 0 Å². The number of anilines is 2. The van der Waals surface area contributed by atoms with E-state index in [0.29, 0.717) is 11.4 Å². The molecule has 2 rings (SSSR count). The van der Waals surface area contributed by atoms with Crippen molar-refractivity contribution in [1.82, 2.24) is 5.32 Å². The molecule has 0 aromatic heterocycles. The minimum atomic E-state index is -1.12. The fourth-order valence-electron chi connectivity index (χ4n) is 2.25. The van der Waals surface area contributed by atoms with E-state index in [1.165, 1.54) is 6.92 Å². The first-order valence-electron chi connectivity index (χ1n) is 7.66. The average molecular weight is 341 g/mol. The zero-order valence-electron chi connectivity index (χ0n) is 13.7. The van der Waals surface area contributed by atoms with Gasteiger partial charge >= 0.3 is 12.0 Å². The Balaban J connectivity index is 1.99. The Morgan fingerprint density at radius 2 is 1.60 bits per heavy atom. The van der Waals surface area contributed by atoms with E-state index in [2.05, 4.69) is 16.0 Å². The van der Waals surface area contributed by atoms with Crippen LogP contribution in [0.4, 0.5) is 16.2 Å². The fraction of sp³-hybridized carbons (Fsp3) is 0.167. The molecular weight excluding hydrogens is 322 g/mol. The molecule has 0 spiro atoms. The predicted octanol–water partition coefficient (Wildman–Crippen LogP) is 2.46. The maximum Gasteiger partial charge on any atom is 0.326 e. The van der Waals surface area contributed by atoms with E-state index in [0.717, 1.165) is 5.56 Å². The van der Waals surface area contributed by atoms with Crippen LogP contribution in [0.3, 0.4) is 0 Å². The number of carboxylic acids is 1. The minimum Gasteiger partial charge on any atom is -0.480 e. The topological polar surface area (TPSA) is 108 Å². The number of carbonyl (C=O) groups is 3. The molecule has 0 saturated heterocycles. The highest BCUT2D eigenvalue weighted by Gasteiger charge is 2.20. The Morgan fingerprint density at radius 3 is 2.20 bits per heavy atom. The van der Waals surface area contributed by atoms with Gasteiger partial charge < -0.3 is 21.1 Å². The monoisotopic (exact) mass is 341 g/mol. The molecule has 0 heterocycles. The van der Waals surface area contributed by atoms with E-state index >= 15 is 0 Å². The maximum atomic E-state index is 12.1. The van der Waals surface area contributed by atoms with E-state index in [-0.39, 0.29) is 12.3 Å². The summed E-state index contributed by atoms with van der Waals surface area (Å²) in [5, 5.41) is 16.9. The van der Waals surface area contributed by atoms with Crippen LogP contribution in [0, 0.1) is 0 Å². The number of amides is 3. The summed E-state index contributed by atoms with van der Waals surface area (Å²) in [6.45, 7) is 1.38. The SMILES string of the molecule is CC(=O)Nc1cccc(NC(=O)NC(Cc2ccccc2)C(=O)O)c1. The largest absolute Gasteiger partial charge is 0.480 e. The number of rotatable bonds is 6. The molecule has 0 aliphatic heterocycles. The molecule has 7 nitrogen and oxygen atoms in total. The third-order valence-corrected chi connectivity index (χ3v) is 3.33. The summed E-state index contributed by atoms with van der Waals surface area (Å²) < 4.78 is 0. The smallest absolute Gasteiger partial charge is 0.326 e. The van der Waals surface area contributed by atoms with E-state index in [4.69, 9.17) is 0 Å². The Morgan fingerprint density at radius 1 is 0.960 bits per heavy atom. The van der Waals surface area contributed by atoms with Crippen LogP contribution in [0.2, 0.25) is 0 Å². The highest BCUT2D eigenvalue weighted by Crippen LogP contribution is 2.15. The lowest BCUT2D eigenvalue weighted by molar-refractivity contribution is -0.139. The number of benzene rings is 2. The number of hydrogen-bond donors (Lipinski definition) is 4. The lowest BCUT2D eigenvalue weighted by atomic mass is 10.1. The molecule has 7 heteroatoms. The van der Waals surface area contributed by atoms with Crippen LogP contribution in [-0.4, -0.2) is 29.1 Å². The van der Waals surface area contributed by atoms with Crippen molar-refractivity contribution in [2.24, 2.45) is 0 Å². The van der Waals surface area contributed by atoms with Crippen LogP contribution in [0.1, 0.15) is 12.5 Å².